The van der Waals surface area contributed by atoms with E-state index in [0.29, 0.717) is 39.4 Å². The predicted molar refractivity (Wildman–Crippen MR) is 133 cm³/mol. The van der Waals surface area contributed by atoms with Gasteiger partial charge in [-0.1, -0.05) is 35.9 Å². The molecule has 2 aromatic carbocycles. The van der Waals surface area contributed by atoms with Crippen molar-refractivity contribution in [3.8, 4) is 0 Å². The number of amides is 1. The lowest BCUT2D eigenvalue weighted by molar-refractivity contribution is -0.136. The minimum absolute atomic E-state index is 0.145. The number of carbonyl (C=O) groups excluding carboxylic acids is 1. The summed E-state index contributed by atoms with van der Waals surface area (Å²) in [6.07, 6.45) is 5.37. The minimum Gasteiger partial charge on any atom is -0.481 e. The number of nitrogens with zero attached hydrogens (tertiary/aromatic N) is 2. The van der Waals surface area contributed by atoms with Gasteiger partial charge in [0.1, 0.15) is 16.7 Å². The minimum atomic E-state index is -0.932. The van der Waals surface area contributed by atoms with E-state index < -0.39 is 5.97 Å². The first-order valence-electron chi connectivity index (χ1n) is 10.0. The molecule has 0 saturated carbocycles. The number of hydrogen-bond donors (Lipinski definition) is 3. The van der Waals surface area contributed by atoms with Crippen molar-refractivity contribution in [2.45, 2.75) is 17.9 Å². The van der Waals surface area contributed by atoms with E-state index in [1.807, 2.05) is 42.7 Å². The molecule has 0 radical (unpaired) electrons. The Labute approximate surface area is 201 Å². The van der Waals surface area contributed by atoms with Crippen LogP contribution in [0.3, 0.4) is 0 Å². The van der Waals surface area contributed by atoms with Crippen molar-refractivity contribution in [2.75, 3.05) is 23.9 Å². The van der Waals surface area contributed by atoms with E-state index in [4.69, 9.17) is 16.7 Å². The molecule has 0 bridgehead atoms. The van der Waals surface area contributed by atoms with E-state index in [2.05, 4.69) is 20.6 Å². The first-order valence-corrected chi connectivity index (χ1v) is 11.6. The molecule has 3 rings (SSSR count). The zero-order valence-corrected chi connectivity index (χ0v) is 19.7. The normalized spacial score (nSPS) is 10.9. The van der Waals surface area contributed by atoms with Gasteiger partial charge in [0.25, 0.3) is 0 Å². The predicted octanol–water partition coefficient (Wildman–Crippen LogP) is 4.76. The number of aliphatic carboxylic acids is 1. The van der Waals surface area contributed by atoms with Gasteiger partial charge >= 0.3 is 5.97 Å². The lowest BCUT2D eigenvalue weighted by Crippen LogP contribution is -2.11. The summed E-state index contributed by atoms with van der Waals surface area (Å²) in [5.41, 5.74) is 3.09. The fourth-order valence-electron chi connectivity index (χ4n) is 3.09. The Bertz CT molecular complexity index is 1140. The molecular formula is C24H23ClN4O3S. The highest BCUT2D eigenvalue weighted by Crippen LogP contribution is 2.25. The summed E-state index contributed by atoms with van der Waals surface area (Å²) in [5, 5.41) is 16.3. The van der Waals surface area contributed by atoms with Gasteiger partial charge in [0.05, 0.1) is 6.42 Å². The van der Waals surface area contributed by atoms with Crippen LogP contribution in [0.5, 0.6) is 0 Å². The standard InChI is InChI=1S/C24H23ClN4O3S/c1-26-23-19(14-22(31)32)24(33-2)29-20(28-23)13-16-5-10-18(11-6-16)27-21(30)12-7-15-3-8-17(25)9-4-15/h3-12H,13-14H2,1-2H3,(H,27,30)(H,31,32)(H,26,28,29)/b12-7+. The van der Waals surface area contributed by atoms with E-state index in [9.17, 15) is 9.59 Å². The van der Waals surface area contributed by atoms with Crippen LogP contribution < -0.4 is 10.6 Å². The molecule has 0 saturated heterocycles. The van der Waals surface area contributed by atoms with Crippen LogP contribution in [-0.4, -0.2) is 40.3 Å². The maximum absolute atomic E-state index is 12.2. The number of carboxylic acid groups (broad SMARTS) is 1. The smallest absolute Gasteiger partial charge is 0.308 e. The number of anilines is 2. The Balaban J connectivity index is 1.67. The molecule has 0 aliphatic carbocycles. The quantitative estimate of drug-likeness (QED) is 0.229. The number of carboxylic acids is 1. The number of halogens is 1. The van der Waals surface area contributed by atoms with Crippen molar-refractivity contribution in [2.24, 2.45) is 0 Å². The van der Waals surface area contributed by atoms with Gasteiger partial charge in [-0.05, 0) is 47.7 Å². The molecular weight excluding hydrogens is 460 g/mol. The number of hydrogen-bond acceptors (Lipinski definition) is 6. The summed E-state index contributed by atoms with van der Waals surface area (Å²) >= 11 is 7.25. The molecule has 1 amide bonds. The van der Waals surface area contributed by atoms with Gasteiger partial charge < -0.3 is 15.7 Å². The molecule has 0 unspecified atom stereocenters. The van der Waals surface area contributed by atoms with Gasteiger partial charge in [-0.25, -0.2) is 9.97 Å². The van der Waals surface area contributed by atoms with Crippen molar-refractivity contribution < 1.29 is 14.7 Å². The zero-order valence-electron chi connectivity index (χ0n) is 18.1. The number of aromatic nitrogens is 2. The van der Waals surface area contributed by atoms with Crippen molar-refractivity contribution in [3.05, 3.63) is 82.1 Å². The summed E-state index contributed by atoms with van der Waals surface area (Å²) in [5.74, 6) is -0.0687. The summed E-state index contributed by atoms with van der Waals surface area (Å²) in [6.45, 7) is 0. The Kier molecular flexibility index (Phi) is 8.46. The maximum atomic E-state index is 12.2. The van der Waals surface area contributed by atoms with Crippen LogP contribution in [-0.2, 0) is 22.4 Å². The molecule has 1 aromatic heterocycles. The van der Waals surface area contributed by atoms with Gasteiger partial charge in [-0.3, -0.25) is 9.59 Å². The average molecular weight is 483 g/mol. The maximum Gasteiger partial charge on any atom is 0.308 e. The van der Waals surface area contributed by atoms with Crippen molar-refractivity contribution >= 4 is 52.8 Å². The number of benzene rings is 2. The Hall–Kier alpha value is -3.36. The SMILES string of the molecule is CNc1nc(Cc2ccc(NC(=O)/C=C/c3ccc(Cl)cc3)cc2)nc(SC)c1CC(=O)O. The molecule has 7 nitrogen and oxygen atoms in total. The second-order valence-electron chi connectivity index (χ2n) is 7.04. The Morgan fingerprint density at radius 3 is 2.39 bits per heavy atom. The largest absolute Gasteiger partial charge is 0.481 e. The monoisotopic (exact) mass is 482 g/mol. The van der Waals surface area contributed by atoms with Gasteiger partial charge in [0.15, 0.2) is 0 Å². The Morgan fingerprint density at radius 1 is 1.09 bits per heavy atom. The molecule has 0 atom stereocenters. The third-order valence-corrected chi connectivity index (χ3v) is 5.63. The lowest BCUT2D eigenvalue weighted by atomic mass is 10.1. The van der Waals surface area contributed by atoms with E-state index in [0.717, 1.165) is 11.1 Å². The van der Waals surface area contributed by atoms with Crippen LogP contribution in [0.25, 0.3) is 6.08 Å². The third kappa shape index (κ3) is 7.06. The molecule has 1 heterocycles. The average Bonchev–Trinajstić information content (AvgIpc) is 2.80. The van der Waals surface area contributed by atoms with Gasteiger partial charge in [-0.15, -0.1) is 11.8 Å². The fraction of sp³-hybridized carbons (Fsp3) is 0.167. The fourth-order valence-corrected chi connectivity index (χ4v) is 3.83. The van der Waals surface area contributed by atoms with Crippen LogP contribution in [0.2, 0.25) is 5.02 Å². The number of nitrogens with one attached hydrogen (secondary N) is 2. The Morgan fingerprint density at radius 2 is 1.79 bits per heavy atom. The van der Waals surface area contributed by atoms with Gasteiger partial charge in [-0.2, -0.15) is 0 Å². The third-order valence-electron chi connectivity index (χ3n) is 4.65. The van der Waals surface area contributed by atoms with Crippen molar-refractivity contribution in [1.82, 2.24) is 9.97 Å². The summed E-state index contributed by atoms with van der Waals surface area (Å²) in [7, 11) is 1.71. The van der Waals surface area contributed by atoms with Crippen LogP contribution in [0.1, 0.15) is 22.5 Å². The molecule has 9 heteroatoms. The molecule has 3 aromatic rings. The van der Waals surface area contributed by atoms with E-state index in [1.54, 1.807) is 25.3 Å². The van der Waals surface area contributed by atoms with Gasteiger partial charge in [0, 0.05) is 35.8 Å². The highest BCUT2D eigenvalue weighted by Gasteiger charge is 2.16. The second-order valence-corrected chi connectivity index (χ2v) is 8.28. The second kappa shape index (κ2) is 11.5. The highest BCUT2D eigenvalue weighted by molar-refractivity contribution is 7.98. The number of thioether (sulfide) groups is 1. The molecule has 0 spiro atoms. The molecule has 170 valence electrons. The number of rotatable bonds is 9. The van der Waals surface area contributed by atoms with Crippen LogP contribution in [0.4, 0.5) is 11.5 Å². The van der Waals surface area contributed by atoms with E-state index >= 15 is 0 Å². The summed E-state index contributed by atoms with van der Waals surface area (Å²) in [4.78, 5) is 32.4. The van der Waals surface area contributed by atoms with Crippen molar-refractivity contribution in [3.63, 3.8) is 0 Å². The zero-order chi connectivity index (χ0) is 23.8. The van der Waals surface area contributed by atoms with Crippen LogP contribution >= 0.6 is 23.4 Å². The van der Waals surface area contributed by atoms with E-state index in [1.165, 1.54) is 17.8 Å². The first-order chi connectivity index (χ1) is 15.9. The van der Waals surface area contributed by atoms with Gasteiger partial charge in [0.2, 0.25) is 5.91 Å². The summed E-state index contributed by atoms with van der Waals surface area (Å²) in [6, 6.07) is 14.6. The topological polar surface area (TPSA) is 104 Å². The molecule has 0 aliphatic heterocycles. The molecule has 0 fully saturated rings. The summed E-state index contributed by atoms with van der Waals surface area (Å²) < 4.78 is 0. The highest BCUT2D eigenvalue weighted by atomic mass is 35.5. The molecule has 33 heavy (non-hydrogen) atoms. The molecule has 3 N–H and O–H groups in total. The van der Waals surface area contributed by atoms with E-state index in [-0.39, 0.29) is 12.3 Å². The molecule has 0 aliphatic rings. The lowest BCUT2D eigenvalue weighted by Gasteiger charge is -2.13. The van der Waals surface area contributed by atoms with Crippen LogP contribution in [0.15, 0.2) is 59.6 Å². The van der Waals surface area contributed by atoms with Crippen molar-refractivity contribution in [1.29, 1.82) is 0 Å². The first kappa shape index (κ1) is 24.3. The number of carbonyl (C=O) groups is 2. The van der Waals surface area contributed by atoms with Crippen LogP contribution in [0, 0.1) is 0 Å².